The molecule has 0 heterocycles. The molecule has 1 saturated carbocycles. The van der Waals surface area contributed by atoms with Crippen LogP contribution < -0.4 is 14.8 Å². The average Bonchev–Trinajstić information content (AvgIpc) is 3.15. The lowest BCUT2D eigenvalue weighted by Crippen LogP contribution is -2.29. The maximum Gasteiger partial charge on any atom is 0.255 e. The number of nitrogens with one attached hydrogen (secondary N) is 1. The Labute approximate surface area is 159 Å². The van der Waals surface area contributed by atoms with E-state index in [0.29, 0.717) is 22.1 Å². The van der Waals surface area contributed by atoms with E-state index in [9.17, 15) is 4.79 Å². The first kappa shape index (κ1) is 18.6. The van der Waals surface area contributed by atoms with Crippen molar-refractivity contribution in [1.29, 1.82) is 0 Å². The lowest BCUT2D eigenvalue weighted by molar-refractivity contribution is 0.0943. The molecule has 1 aliphatic carbocycles. The van der Waals surface area contributed by atoms with Crippen molar-refractivity contribution in [3.8, 4) is 11.5 Å². The molecule has 1 fully saturated rings. The van der Waals surface area contributed by atoms with Gasteiger partial charge in [-0.2, -0.15) is 0 Å². The van der Waals surface area contributed by atoms with Crippen LogP contribution in [0.25, 0.3) is 0 Å². The summed E-state index contributed by atoms with van der Waals surface area (Å²) in [6, 6.07) is 11.8. The van der Waals surface area contributed by atoms with Gasteiger partial charge in [-0.1, -0.05) is 55.3 Å². The van der Waals surface area contributed by atoms with E-state index in [1.54, 1.807) is 12.1 Å². The summed E-state index contributed by atoms with van der Waals surface area (Å²) in [5, 5.41) is 3.52. The number of rotatable bonds is 5. The molecule has 4 nitrogen and oxygen atoms in total. The molecule has 0 aromatic heterocycles. The zero-order valence-electron chi connectivity index (χ0n) is 15.7. The fraction of sp³-hybridized carbons (Fsp3) is 0.381. The minimum absolute atomic E-state index is 0.00554. The molecule has 138 valence electrons. The van der Waals surface area contributed by atoms with Crippen LogP contribution in [0.1, 0.15) is 41.3 Å². The number of halogens is 1. The molecule has 0 radical (unpaired) electrons. The Kier molecular flexibility index (Phi) is 4.89. The van der Waals surface area contributed by atoms with Crippen molar-refractivity contribution in [2.75, 3.05) is 14.2 Å². The Balaban J connectivity index is 1.82. The van der Waals surface area contributed by atoms with Gasteiger partial charge in [0, 0.05) is 18.0 Å². The van der Waals surface area contributed by atoms with Gasteiger partial charge in [-0.3, -0.25) is 4.79 Å². The molecule has 1 aliphatic rings. The Bertz CT molecular complexity index is 830. The lowest BCUT2D eigenvalue weighted by Gasteiger charge is -2.13. The van der Waals surface area contributed by atoms with Gasteiger partial charge < -0.3 is 14.8 Å². The van der Waals surface area contributed by atoms with Crippen LogP contribution in [0, 0.1) is 12.3 Å². The summed E-state index contributed by atoms with van der Waals surface area (Å²) in [6.07, 6.45) is 0. The molecule has 3 rings (SSSR count). The topological polar surface area (TPSA) is 47.6 Å². The third-order valence-corrected chi connectivity index (χ3v) is 5.56. The normalized spacial score (nSPS) is 20.4. The maximum atomic E-state index is 12.9. The SMILES string of the molecule is COc1cc(OC)c(C(=O)N[C@H]2[C@H](c3ccc(C)cc3)C2(C)C)cc1Cl. The molecule has 26 heavy (non-hydrogen) atoms. The fourth-order valence-corrected chi connectivity index (χ4v) is 3.80. The van der Waals surface area contributed by atoms with Crippen LogP contribution >= 0.6 is 11.6 Å². The van der Waals surface area contributed by atoms with E-state index in [2.05, 4.69) is 50.4 Å². The Morgan fingerprint density at radius 3 is 2.27 bits per heavy atom. The highest BCUT2D eigenvalue weighted by atomic mass is 35.5. The van der Waals surface area contributed by atoms with E-state index in [4.69, 9.17) is 21.1 Å². The van der Waals surface area contributed by atoms with Crippen molar-refractivity contribution in [2.24, 2.45) is 5.41 Å². The van der Waals surface area contributed by atoms with Crippen molar-refractivity contribution in [3.63, 3.8) is 0 Å². The van der Waals surface area contributed by atoms with E-state index in [1.165, 1.54) is 25.3 Å². The molecule has 0 spiro atoms. The Hall–Kier alpha value is -2.20. The number of hydrogen-bond acceptors (Lipinski definition) is 3. The third kappa shape index (κ3) is 3.26. The van der Waals surface area contributed by atoms with Gasteiger partial charge in [-0.25, -0.2) is 0 Å². The number of aryl methyl sites for hydroxylation is 1. The smallest absolute Gasteiger partial charge is 0.255 e. The molecule has 2 atom stereocenters. The second-order valence-corrected chi connectivity index (χ2v) is 7.76. The highest BCUT2D eigenvalue weighted by molar-refractivity contribution is 6.32. The maximum absolute atomic E-state index is 12.9. The van der Waals surface area contributed by atoms with Crippen LogP contribution in [0.15, 0.2) is 36.4 Å². The van der Waals surface area contributed by atoms with Gasteiger partial charge in [0.2, 0.25) is 0 Å². The zero-order chi connectivity index (χ0) is 19.1. The van der Waals surface area contributed by atoms with Crippen molar-refractivity contribution >= 4 is 17.5 Å². The zero-order valence-corrected chi connectivity index (χ0v) is 16.5. The van der Waals surface area contributed by atoms with Crippen LogP contribution in [0.2, 0.25) is 5.02 Å². The van der Waals surface area contributed by atoms with Crippen LogP contribution in [-0.2, 0) is 0 Å². The lowest BCUT2D eigenvalue weighted by atomic mass is 10.0. The number of carbonyl (C=O) groups excluding carboxylic acids is 1. The first-order valence-electron chi connectivity index (χ1n) is 8.58. The quantitative estimate of drug-likeness (QED) is 0.833. The molecule has 0 saturated heterocycles. The van der Waals surface area contributed by atoms with E-state index in [-0.39, 0.29) is 23.3 Å². The molecule has 2 aromatic rings. The largest absolute Gasteiger partial charge is 0.496 e. The first-order valence-corrected chi connectivity index (χ1v) is 8.96. The molecule has 1 N–H and O–H groups in total. The van der Waals surface area contributed by atoms with E-state index >= 15 is 0 Å². The number of hydrogen-bond donors (Lipinski definition) is 1. The van der Waals surface area contributed by atoms with Gasteiger partial charge in [0.05, 0.1) is 24.8 Å². The summed E-state index contributed by atoms with van der Waals surface area (Å²) >= 11 is 6.19. The summed E-state index contributed by atoms with van der Waals surface area (Å²) in [6.45, 7) is 6.40. The number of carbonyl (C=O) groups is 1. The van der Waals surface area contributed by atoms with Gasteiger partial charge in [-0.15, -0.1) is 0 Å². The summed E-state index contributed by atoms with van der Waals surface area (Å²) in [4.78, 5) is 12.9. The van der Waals surface area contributed by atoms with Gasteiger partial charge in [0.1, 0.15) is 11.5 Å². The Morgan fingerprint density at radius 2 is 1.69 bits per heavy atom. The molecule has 0 aliphatic heterocycles. The van der Waals surface area contributed by atoms with Crippen LogP contribution in [0.5, 0.6) is 11.5 Å². The van der Waals surface area contributed by atoms with Gasteiger partial charge >= 0.3 is 0 Å². The number of benzene rings is 2. The standard InChI is InChI=1S/C21H24ClNO3/c1-12-6-8-13(9-7-12)18-19(21(18,2)3)23-20(24)14-10-15(22)17(26-5)11-16(14)25-4/h6-11,18-19H,1-5H3,(H,23,24)/t18-,19-/m0/s1. The second kappa shape index (κ2) is 6.84. The van der Waals surface area contributed by atoms with Crippen LogP contribution in [0.4, 0.5) is 0 Å². The van der Waals surface area contributed by atoms with Gasteiger partial charge in [-0.05, 0) is 24.0 Å². The minimum Gasteiger partial charge on any atom is -0.496 e. The van der Waals surface area contributed by atoms with Gasteiger partial charge in [0.15, 0.2) is 0 Å². The molecule has 0 unspecified atom stereocenters. The molecule has 1 amide bonds. The van der Waals surface area contributed by atoms with Crippen molar-refractivity contribution in [2.45, 2.75) is 32.7 Å². The third-order valence-electron chi connectivity index (χ3n) is 5.27. The van der Waals surface area contributed by atoms with Crippen molar-refractivity contribution < 1.29 is 14.3 Å². The highest BCUT2D eigenvalue weighted by Crippen LogP contribution is 2.58. The van der Waals surface area contributed by atoms with Crippen molar-refractivity contribution in [3.05, 3.63) is 58.1 Å². The number of ether oxygens (including phenoxy) is 2. The molecule has 0 bridgehead atoms. The first-order chi connectivity index (χ1) is 12.3. The molecule has 5 heteroatoms. The summed E-state index contributed by atoms with van der Waals surface area (Å²) in [5.41, 5.74) is 2.87. The van der Waals surface area contributed by atoms with E-state index < -0.39 is 0 Å². The van der Waals surface area contributed by atoms with Crippen LogP contribution in [0.3, 0.4) is 0 Å². The van der Waals surface area contributed by atoms with E-state index in [0.717, 1.165) is 0 Å². The van der Waals surface area contributed by atoms with Crippen LogP contribution in [-0.4, -0.2) is 26.2 Å². The number of methoxy groups -OCH3 is 2. The average molecular weight is 374 g/mol. The number of amides is 1. The Morgan fingerprint density at radius 1 is 1.08 bits per heavy atom. The predicted molar refractivity (Wildman–Crippen MR) is 104 cm³/mol. The summed E-state index contributed by atoms with van der Waals surface area (Å²) < 4.78 is 10.5. The summed E-state index contributed by atoms with van der Waals surface area (Å²) in [7, 11) is 3.05. The molecule has 2 aromatic carbocycles. The summed E-state index contributed by atoms with van der Waals surface area (Å²) in [5.74, 6) is 1.00. The minimum atomic E-state index is -0.195. The molecular formula is C21H24ClNO3. The second-order valence-electron chi connectivity index (χ2n) is 7.35. The monoisotopic (exact) mass is 373 g/mol. The fourth-order valence-electron chi connectivity index (χ4n) is 3.56. The highest BCUT2D eigenvalue weighted by Gasteiger charge is 2.59. The van der Waals surface area contributed by atoms with Gasteiger partial charge in [0.25, 0.3) is 5.91 Å². The molecular weight excluding hydrogens is 350 g/mol. The predicted octanol–water partition coefficient (Wildman–Crippen LogP) is 4.59. The van der Waals surface area contributed by atoms with E-state index in [1.807, 2.05) is 0 Å². The van der Waals surface area contributed by atoms with Crippen molar-refractivity contribution in [1.82, 2.24) is 5.32 Å².